The quantitative estimate of drug-likeness (QED) is 0.669. The topological polar surface area (TPSA) is 53.5 Å². The summed E-state index contributed by atoms with van der Waals surface area (Å²) in [4.78, 5) is 34.5. The van der Waals surface area contributed by atoms with Crippen LogP contribution in [0.5, 0.6) is 0 Å². The number of pyridine rings is 1. The molecule has 1 saturated carbocycles. The van der Waals surface area contributed by atoms with Crippen LogP contribution in [-0.2, 0) is 16.0 Å². The number of carbonyl (C=O) groups excluding carboxylic acids is 2. The molecule has 1 saturated heterocycles. The molecule has 1 aromatic heterocycles. The molecule has 1 aliphatic heterocycles. The van der Waals surface area contributed by atoms with Crippen molar-refractivity contribution in [1.82, 2.24) is 14.8 Å². The van der Waals surface area contributed by atoms with Gasteiger partial charge in [0.25, 0.3) is 0 Å². The van der Waals surface area contributed by atoms with Crippen molar-refractivity contribution < 1.29 is 9.59 Å². The van der Waals surface area contributed by atoms with Crippen molar-refractivity contribution in [3.8, 4) is 11.1 Å². The van der Waals surface area contributed by atoms with Crippen LogP contribution in [0.15, 0.2) is 61.4 Å². The maximum Gasteiger partial charge on any atom is 0.228 e. The van der Waals surface area contributed by atoms with Crippen molar-refractivity contribution in [2.45, 2.75) is 32.1 Å². The summed E-state index contributed by atoms with van der Waals surface area (Å²) in [6.45, 7) is 6.02. The maximum atomic E-state index is 13.4. The van der Waals surface area contributed by atoms with Crippen LogP contribution in [0, 0.1) is 11.8 Å². The molecule has 2 heterocycles. The Kier molecular flexibility index (Phi) is 6.80. The monoisotopic (exact) mass is 417 g/mol. The maximum absolute atomic E-state index is 13.4. The van der Waals surface area contributed by atoms with E-state index in [1.807, 2.05) is 34.1 Å². The zero-order chi connectivity index (χ0) is 21.6. The van der Waals surface area contributed by atoms with E-state index >= 15 is 0 Å². The molecule has 31 heavy (non-hydrogen) atoms. The molecule has 0 bridgehead atoms. The van der Waals surface area contributed by atoms with Gasteiger partial charge in [0.1, 0.15) is 0 Å². The first-order valence-electron chi connectivity index (χ1n) is 11.3. The average Bonchev–Trinajstić information content (AvgIpc) is 3.30. The summed E-state index contributed by atoms with van der Waals surface area (Å²) in [5.41, 5.74) is 3.33. The number of carbonyl (C=O) groups is 2. The highest BCUT2D eigenvalue weighted by atomic mass is 16.2. The SMILES string of the molecule is C=CCN1CCN(C(=O)C2CCCC2)C[C@@H](Cc2ccccc2-c2ccncc2)C1=O. The minimum atomic E-state index is -0.254. The Morgan fingerprint density at radius 2 is 1.84 bits per heavy atom. The second-order valence-electron chi connectivity index (χ2n) is 8.63. The van der Waals surface area contributed by atoms with Gasteiger partial charge >= 0.3 is 0 Å². The van der Waals surface area contributed by atoms with E-state index in [9.17, 15) is 9.59 Å². The van der Waals surface area contributed by atoms with E-state index in [4.69, 9.17) is 0 Å². The van der Waals surface area contributed by atoms with E-state index < -0.39 is 0 Å². The zero-order valence-corrected chi connectivity index (χ0v) is 18.1. The van der Waals surface area contributed by atoms with E-state index in [1.54, 1.807) is 18.5 Å². The second kappa shape index (κ2) is 9.90. The van der Waals surface area contributed by atoms with Crippen molar-refractivity contribution in [3.05, 3.63) is 67.0 Å². The summed E-state index contributed by atoms with van der Waals surface area (Å²) >= 11 is 0. The molecule has 2 aromatic rings. The summed E-state index contributed by atoms with van der Waals surface area (Å²) in [6.07, 6.45) is 10.2. The van der Waals surface area contributed by atoms with Gasteiger partial charge in [-0.2, -0.15) is 0 Å². The third-order valence-corrected chi connectivity index (χ3v) is 6.58. The van der Waals surface area contributed by atoms with Crippen LogP contribution in [0.25, 0.3) is 11.1 Å². The third kappa shape index (κ3) is 4.87. The Balaban J connectivity index is 1.60. The minimum Gasteiger partial charge on any atom is -0.340 e. The van der Waals surface area contributed by atoms with E-state index in [0.29, 0.717) is 32.6 Å². The lowest BCUT2D eigenvalue weighted by atomic mass is 9.91. The van der Waals surface area contributed by atoms with E-state index in [-0.39, 0.29) is 23.7 Å². The van der Waals surface area contributed by atoms with Gasteiger partial charge in [-0.05, 0) is 48.1 Å². The smallest absolute Gasteiger partial charge is 0.228 e. The average molecular weight is 418 g/mol. The van der Waals surface area contributed by atoms with Crippen LogP contribution in [0.1, 0.15) is 31.2 Å². The first-order chi connectivity index (χ1) is 15.2. The van der Waals surface area contributed by atoms with Gasteiger partial charge in [0, 0.05) is 44.5 Å². The number of hydrogen-bond acceptors (Lipinski definition) is 3. The highest BCUT2D eigenvalue weighted by Gasteiger charge is 2.35. The van der Waals surface area contributed by atoms with Crippen LogP contribution in [0.4, 0.5) is 0 Å². The van der Waals surface area contributed by atoms with Gasteiger partial charge in [-0.15, -0.1) is 6.58 Å². The molecule has 4 rings (SSSR count). The molecule has 0 spiro atoms. The van der Waals surface area contributed by atoms with Crippen LogP contribution in [-0.4, -0.2) is 52.8 Å². The van der Waals surface area contributed by atoms with Crippen molar-refractivity contribution in [1.29, 1.82) is 0 Å². The number of benzene rings is 1. The molecular weight excluding hydrogens is 386 g/mol. The first kappa shape index (κ1) is 21.3. The van der Waals surface area contributed by atoms with Crippen molar-refractivity contribution >= 4 is 11.8 Å². The Labute approximate surface area is 184 Å². The van der Waals surface area contributed by atoms with E-state index in [2.05, 4.69) is 23.7 Å². The molecule has 5 nitrogen and oxygen atoms in total. The summed E-state index contributed by atoms with van der Waals surface area (Å²) in [5, 5.41) is 0. The molecular formula is C26H31N3O2. The molecule has 1 atom stereocenters. The standard InChI is InChI=1S/C26H31N3O2/c1-2-15-28-16-17-29(25(30)21-7-3-4-8-21)19-23(26(28)31)18-22-9-5-6-10-24(22)20-11-13-27-14-12-20/h2,5-6,9-14,21,23H,1,3-4,7-8,15-19H2/t23-/m1/s1. The predicted molar refractivity (Wildman–Crippen MR) is 122 cm³/mol. The number of aromatic nitrogens is 1. The van der Waals surface area contributed by atoms with Crippen molar-refractivity contribution in [2.24, 2.45) is 11.8 Å². The molecule has 2 aliphatic rings. The predicted octanol–water partition coefficient (Wildman–Crippen LogP) is 3.95. The lowest BCUT2D eigenvalue weighted by Gasteiger charge is -2.26. The lowest BCUT2D eigenvalue weighted by Crippen LogP contribution is -2.40. The molecule has 1 aromatic carbocycles. The molecule has 0 unspecified atom stereocenters. The molecule has 2 fully saturated rings. The van der Waals surface area contributed by atoms with Gasteiger partial charge in [0.2, 0.25) is 11.8 Å². The van der Waals surface area contributed by atoms with Crippen molar-refractivity contribution in [2.75, 3.05) is 26.2 Å². The first-order valence-corrected chi connectivity index (χ1v) is 11.3. The Morgan fingerprint density at radius 3 is 2.58 bits per heavy atom. The summed E-state index contributed by atoms with van der Waals surface area (Å²) < 4.78 is 0. The molecule has 162 valence electrons. The molecule has 5 heteroatoms. The Morgan fingerprint density at radius 1 is 1.10 bits per heavy atom. The molecule has 0 radical (unpaired) electrons. The number of rotatable bonds is 6. The van der Waals surface area contributed by atoms with Crippen LogP contribution >= 0.6 is 0 Å². The van der Waals surface area contributed by atoms with Crippen LogP contribution < -0.4 is 0 Å². The molecule has 1 aliphatic carbocycles. The van der Waals surface area contributed by atoms with Crippen LogP contribution in [0.2, 0.25) is 0 Å². The van der Waals surface area contributed by atoms with E-state index in [1.165, 1.54) is 0 Å². The highest BCUT2D eigenvalue weighted by molar-refractivity contribution is 5.84. The fraction of sp³-hybridized carbons (Fsp3) is 0.423. The summed E-state index contributed by atoms with van der Waals surface area (Å²) in [7, 11) is 0. The van der Waals surface area contributed by atoms with Gasteiger partial charge in [-0.25, -0.2) is 0 Å². The number of hydrogen-bond donors (Lipinski definition) is 0. The fourth-order valence-electron chi connectivity index (χ4n) is 4.94. The summed E-state index contributed by atoms with van der Waals surface area (Å²) in [6, 6.07) is 12.2. The minimum absolute atomic E-state index is 0.117. The number of amides is 2. The molecule has 2 amide bonds. The Hall–Kier alpha value is -2.95. The second-order valence-corrected chi connectivity index (χ2v) is 8.63. The van der Waals surface area contributed by atoms with Crippen molar-refractivity contribution in [3.63, 3.8) is 0 Å². The Bertz CT molecular complexity index is 921. The van der Waals surface area contributed by atoms with Crippen LogP contribution in [0.3, 0.4) is 0 Å². The number of nitrogens with zero attached hydrogens (tertiary/aromatic N) is 3. The van der Waals surface area contributed by atoms with Gasteiger partial charge < -0.3 is 9.80 Å². The van der Waals surface area contributed by atoms with Gasteiger partial charge in [0.15, 0.2) is 0 Å². The zero-order valence-electron chi connectivity index (χ0n) is 18.1. The van der Waals surface area contributed by atoms with Gasteiger partial charge in [0.05, 0.1) is 5.92 Å². The van der Waals surface area contributed by atoms with E-state index in [0.717, 1.165) is 42.4 Å². The fourth-order valence-corrected chi connectivity index (χ4v) is 4.94. The normalized spacial score (nSPS) is 20.0. The molecule has 0 N–H and O–H groups in total. The van der Waals surface area contributed by atoms with Gasteiger partial charge in [-0.1, -0.05) is 43.2 Å². The highest BCUT2D eigenvalue weighted by Crippen LogP contribution is 2.30. The largest absolute Gasteiger partial charge is 0.340 e. The summed E-state index contributed by atoms with van der Waals surface area (Å²) in [5.74, 6) is 0.228. The van der Waals surface area contributed by atoms with Gasteiger partial charge in [-0.3, -0.25) is 14.6 Å². The third-order valence-electron chi connectivity index (χ3n) is 6.58. The lowest BCUT2D eigenvalue weighted by molar-refractivity contribution is -0.136.